The van der Waals surface area contributed by atoms with Gasteiger partial charge in [0.05, 0.1) is 24.0 Å². The summed E-state index contributed by atoms with van der Waals surface area (Å²) in [5, 5.41) is 19.9. The monoisotopic (exact) mass is 294 g/mol. The van der Waals surface area contributed by atoms with Crippen LogP contribution in [0.15, 0.2) is 18.2 Å². The lowest BCUT2D eigenvalue weighted by atomic mass is 9.97. The molecule has 1 heterocycles. The molecule has 1 aliphatic rings. The van der Waals surface area contributed by atoms with Crippen LogP contribution < -0.4 is 4.74 Å². The van der Waals surface area contributed by atoms with Crippen molar-refractivity contribution in [3.05, 3.63) is 33.9 Å². The lowest BCUT2D eigenvalue weighted by Crippen LogP contribution is -2.35. The van der Waals surface area contributed by atoms with Gasteiger partial charge in [-0.1, -0.05) is 0 Å². The van der Waals surface area contributed by atoms with Crippen molar-refractivity contribution in [3.63, 3.8) is 0 Å². The molecule has 1 saturated heterocycles. The highest BCUT2D eigenvalue weighted by molar-refractivity contribution is 5.70. The van der Waals surface area contributed by atoms with Crippen LogP contribution in [-0.4, -0.2) is 41.1 Å². The van der Waals surface area contributed by atoms with Crippen LogP contribution in [0.1, 0.15) is 18.4 Å². The fourth-order valence-corrected chi connectivity index (χ4v) is 2.55. The van der Waals surface area contributed by atoms with Crippen LogP contribution in [0.4, 0.5) is 5.69 Å². The second-order valence-electron chi connectivity index (χ2n) is 5.19. The molecule has 0 aromatic heterocycles. The number of carboxylic acids is 1. The molecule has 0 amide bonds. The Morgan fingerprint density at radius 1 is 1.43 bits per heavy atom. The summed E-state index contributed by atoms with van der Waals surface area (Å²) in [4.78, 5) is 23.5. The summed E-state index contributed by atoms with van der Waals surface area (Å²) in [6.45, 7) is 1.92. The van der Waals surface area contributed by atoms with Crippen LogP contribution in [0.3, 0.4) is 0 Å². The highest BCUT2D eigenvalue weighted by Crippen LogP contribution is 2.25. The molecular weight excluding hydrogens is 276 g/mol. The number of aliphatic carboxylic acids is 1. The molecule has 1 fully saturated rings. The molecule has 0 spiro atoms. The smallest absolute Gasteiger partial charge is 0.306 e. The van der Waals surface area contributed by atoms with E-state index in [9.17, 15) is 14.9 Å². The minimum Gasteiger partial charge on any atom is -0.496 e. The van der Waals surface area contributed by atoms with E-state index in [1.807, 2.05) is 0 Å². The van der Waals surface area contributed by atoms with Crippen molar-refractivity contribution in [2.45, 2.75) is 19.4 Å². The number of ether oxygens (including phenoxy) is 1. The largest absolute Gasteiger partial charge is 0.496 e. The number of carbonyl (C=O) groups is 1. The molecule has 7 nitrogen and oxygen atoms in total. The quantitative estimate of drug-likeness (QED) is 0.658. The number of piperidine rings is 1. The number of nitrogens with zero attached hydrogens (tertiary/aromatic N) is 2. The van der Waals surface area contributed by atoms with Gasteiger partial charge in [-0.2, -0.15) is 0 Å². The van der Waals surface area contributed by atoms with Gasteiger partial charge >= 0.3 is 5.97 Å². The van der Waals surface area contributed by atoms with Gasteiger partial charge in [-0.3, -0.25) is 19.8 Å². The van der Waals surface area contributed by atoms with Gasteiger partial charge in [0.1, 0.15) is 5.75 Å². The van der Waals surface area contributed by atoms with Crippen LogP contribution in [0, 0.1) is 16.0 Å². The van der Waals surface area contributed by atoms with E-state index in [1.165, 1.54) is 19.2 Å². The zero-order chi connectivity index (χ0) is 15.4. The van der Waals surface area contributed by atoms with Crippen molar-refractivity contribution in [1.29, 1.82) is 0 Å². The first-order valence-corrected chi connectivity index (χ1v) is 6.77. The molecule has 0 unspecified atom stereocenters. The SMILES string of the molecule is COc1cc(CN2CCC(C(=O)O)CC2)cc([N+](=O)[O-])c1. The van der Waals surface area contributed by atoms with Crippen LogP contribution >= 0.6 is 0 Å². The average Bonchev–Trinajstić information content (AvgIpc) is 2.47. The first-order chi connectivity index (χ1) is 9.99. The van der Waals surface area contributed by atoms with E-state index >= 15 is 0 Å². The van der Waals surface area contributed by atoms with Gasteiger partial charge in [0, 0.05) is 12.6 Å². The van der Waals surface area contributed by atoms with E-state index in [2.05, 4.69) is 4.90 Å². The van der Waals surface area contributed by atoms with Crippen molar-refractivity contribution >= 4 is 11.7 Å². The molecule has 1 aromatic rings. The summed E-state index contributed by atoms with van der Waals surface area (Å²) in [7, 11) is 1.47. The highest BCUT2D eigenvalue weighted by atomic mass is 16.6. The van der Waals surface area contributed by atoms with Crippen molar-refractivity contribution in [2.24, 2.45) is 5.92 Å². The van der Waals surface area contributed by atoms with Gasteiger partial charge in [0.25, 0.3) is 5.69 Å². The van der Waals surface area contributed by atoms with Crippen LogP contribution in [0.2, 0.25) is 0 Å². The third-order valence-corrected chi connectivity index (χ3v) is 3.74. The minimum absolute atomic E-state index is 0.00442. The second-order valence-corrected chi connectivity index (χ2v) is 5.19. The van der Waals surface area contributed by atoms with E-state index < -0.39 is 10.9 Å². The molecule has 1 aromatic carbocycles. The standard InChI is InChI=1S/C14H18N2O5/c1-21-13-7-10(6-12(8-13)16(19)20)9-15-4-2-11(3-5-15)14(17)18/h6-8,11H,2-5,9H2,1H3,(H,17,18). The summed E-state index contributed by atoms with van der Waals surface area (Å²) in [6.07, 6.45) is 1.22. The van der Waals surface area contributed by atoms with E-state index in [0.717, 1.165) is 5.56 Å². The number of nitro benzene ring substituents is 1. The summed E-state index contributed by atoms with van der Waals surface area (Å²) < 4.78 is 5.08. The number of methoxy groups -OCH3 is 1. The molecule has 0 bridgehead atoms. The first kappa shape index (κ1) is 15.2. The summed E-state index contributed by atoms with van der Waals surface area (Å²) in [5.41, 5.74) is 0.805. The molecular formula is C14H18N2O5. The van der Waals surface area contributed by atoms with Crippen molar-refractivity contribution in [3.8, 4) is 5.75 Å². The Kier molecular flexibility index (Phi) is 4.74. The zero-order valence-electron chi connectivity index (χ0n) is 11.8. The lowest BCUT2D eigenvalue weighted by Gasteiger charge is -2.30. The number of benzene rings is 1. The van der Waals surface area contributed by atoms with E-state index in [4.69, 9.17) is 9.84 Å². The van der Waals surface area contributed by atoms with E-state index in [-0.39, 0.29) is 11.6 Å². The normalized spacial score (nSPS) is 16.6. The number of hydrogen-bond acceptors (Lipinski definition) is 5. The fourth-order valence-electron chi connectivity index (χ4n) is 2.55. The molecule has 0 saturated carbocycles. The molecule has 114 valence electrons. The van der Waals surface area contributed by atoms with Crippen LogP contribution in [0.5, 0.6) is 5.75 Å². The Labute approximate surface area is 122 Å². The molecule has 0 radical (unpaired) electrons. The Balaban J connectivity index is 2.04. The van der Waals surface area contributed by atoms with Gasteiger partial charge in [-0.25, -0.2) is 0 Å². The zero-order valence-corrected chi connectivity index (χ0v) is 11.8. The van der Waals surface area contributed by atoms with Crippen LogP contribution in [0.25, 0.3) is 0 Å². The molecule has 1 N–H and O–H groups in total. The Bertz CT molecular complexity index is 538. The van der Waals surface area contributed by atoms with E-state index in [1.54, 1.807) is 6.07 Å². The summed E-state index contributed by atoms with van der Waals surface area (Å²) in [6, 6.07) is 4.70. The molecule has 0 aliphatic carbocycles. The number of non-ortho nitro benzene ring substituents is 1. The van der Waals surface area contributed by atoms with Gasteiger partial charge in [-0.15, -0.1) is 0 Å². The molecule has 21 heavy (non-hydrogen) atoms. The Morgan fingerprint density at radius 3 is 2.62 bits per heavy atom. The minimum atomic E-state index is -0.744. The Morgan fingerprint density at radius 2 is 2.10 bits per heavy atom. The van der Waals surface area contributed by atoms with Gasteiger partial charge in [0.2, 0.25) is 0 Å². The third-order valence-electron chi connectivity index (χ3n) is 3.74. The van der Waals surface area contributed by atoms with Crippen LogP contribution in [-0.2, 0) is 11.3 Å². The van der Waals surface area contributed by atoms with Crippen molar-refractivity contribution < 1.29 is 19.6 Å². The molecule has 1 aliphatic heterocycles. The number of rotatable bonds is 5. The maximum Gasteiger partial charge on any atom is 0.306 e. The molecule has 0 atom stereocenters. The number of likely N-dealkylation sites (tertiary alicyclic amines) is 1. The first-order valence-electron chi connectivity index (χ1n) is 6.77. The van der Waals surface area contributed by atoms with Crippen molar-refractivity contribution in [2.75, 3.05) is 20.2 Å². The fraction of sp³-hybridized carbons (Fsp3) is 0.500. The van der Waals surface area contributed by atoms with Crippen molar-refractivity contribution in [1.82, 2.24) is 4.90 Å². The van der Waals surface area contributed by atoms with Gasteiger partial charge < -0.3 is 9.84 Å². The van der Waals surface area contributed by atoms with E-state index in [0.29, 0.717) is 38.2 Å². The third kappa shape index (κ3) is 3.91. The predicted octanol–water partition coefficient (Wildman–Crippen LogP) is 1.90. The molecule has 7 heteroatoms. The lowest BCUT2D eigenvalue weighted by molar-refractivity contribution is -0.385. The maximum absolute atomic E-state index is 10.9. The van der Waals surface area contributed by atoms with Gasteiger partial charge in [-0.05, 0) is 37.6 Å². The highest BCUT2D eigenvalue weighted by Gasteiger charge is 2.24. The Hall–Kier alpha value is -2.15. The molecule has 2 rings (SSSR count). The second kappa shape index (κ2) is 6.53. The summed E-state index contributed by atoms with van der Waals surface area (Å²) >= 11 is 0. The predicted molar refractivity (Wildman–Crippen MR) is 75.3 cm³/mol. The summed E-state index contributed by atoms with van der Waals surface area (Å²) in [5.74, 6) is -0.563. The number of carboxylic acid groups (broad SMARTS) is 1. The average molecular weight is 294 g/mol. The maximum atomic E-state index is 10.9. The van der Waals surface area contributed by atoms with Gasteiger partial charge in [0.15, 0.2) is 0 Å². The number of hydrogen-bond donors (Lipinski definition) is 1. The number of nitro groups is 1. The topological polar surface area (TPSA) is 92.9 Å².